The summed E-state index contributed by atoms with van der Waals surface area (Å²) in [6.07, 6.45) is 12.0. The van der Waals surface area contributed by atoms with Crippen LogP contribution < -0.4 is 5.32 Å². The van der Waals surface area contributed by atoms with Gasteiger partial charge < -0.3 is 10.1 Å². The van der Waals surface area contributed by atoms with Gasteiger partial charge in [0.2, 0.25) is 0 Å². The van der Waals surface area contributed by atoms with E-state index in [1.807, 2.05) is 0 Å². The van der Waals surface area contributed by atoms with Crippen LogP contribution in [-0.2, 0) is 14.3 Å². The van der Waals surface area contributed by atoms with Crippen molar-refractivity contribution in [3.63, 3.8) is 0 Å². The maximum Gasteiger partial charge on any atom is 0.309 e. The Labute approximate surface area is 178 Å². The van der Waals surface area contributed by atoms with Crippen LogP contribution in [-0.4, -0.2) is 39.6 Å². The van der Waals surface area contributed by atoms with Gasteiger partial charge in [-0.25, -0.2) is 0 Å². The molecule has 4 rings (SSSR count). The summed E-state index contributed by atoms with van der Waals surface area (Å²) < 4.78 is 6.05. The van der Waals surface area contributed by atoms with Crippen molar-refractivity contribution in [3.05, 3.63) is 0 Å². The average molecular weight is 426 g/mol. The first-order valence-corrected chi connectivity index (χ1v) is 13.3. The second-order valence-corrected chi connectivity index (χ2v) is 12.2. The fourth-order valence-electron chi connectivity index (χ4n) is 5.87. The minimum absolute atomic E-state index is 0.0177. The van der Waals surface area contributed by atoms with Crippen molar-refractivity contribution in [1.82, 2.24) is 5.32 Å². The van der Waals surface area contributed by atoms with Crippen LogP contribution in [0.2, 0.25) is 0 Å². The Bertz CT molecular complexity index is 554. The van der Waals surface area contributed by atoms with Gasteiger partial charge in [0.05, 0.1) is 10.00 Å². The van der Waals surface area contributed by atoms with E-state index in [1.165, 1.54) is 56.5 Å². The van der Waals surface area contributed by atoms with E-state index in [1.54, 1.807) is 6.92 Å². The number of hydrogen-bond acceptors (Lipinski definition) is 5. The summed E-state index contributed by atoms with van der Waals surface area (Å²) in [5.74, 6) is 3.50. The molecule has 1 unspecified atom stereocenters. The summed E-state index contributed by atoms with van der Waals surface area (Å²) >= 11 is 4.32. The number of rotatable bonds is 4. The molecule has 3 aliphatic carbocycles. The minimum Gasteiger partial charge on any atom is -0.452 e. The molecule has 1 aliphatic heterocycles. The Morgan fingerprint density at radius 1 is 0.929 bits per heavy atom. The highest BCUT2D eigenvalue weighted by atomic mass is 32.2. The number of hydrogen-bond donors (Lipinski definition) is 1. The zero-order chi connectivity index (χ0) is 19.6. The Balaban J connectivity index is 1.30. The lowest BCUT2D eigenvalue weighted by atomic mass is 9.67. The third-order valence-corrected chi connectivity index (χ3v) is 11.3. The largest absolute Gasteiger partial charge is 0.452 e. The number of carbonyl (C=O) groups excluding carboxylic acids is 2. The molecule has 28 heavy (non-hydrogen) atoms. The molecule has 4 aliphatic rings. The highest BCUT2D eigenvalue weighted by Crippen LogP contribution is 2.64. The maximum atomic E-state index is 12.9. The van der Waals surface area contributed by atoms with E-state index in [0.29, 0.717) is 15.9 Å². The molecule has 4 atom stereocenters. The summed E-state index contributed by atoms with van der Waals surface area (Å²) in [6, 6.07) is 0.251. The van der Waals surface area contributed by atoms with Crippen LogP contribution >= 0.6 is 23.5 Å². The summed E-state index contributed by atoms with van der Waals surface area (Å²) in [5.41, 5.74) is 0. The van der Waals surface area contributed by atoms with Gasteiger partial charge in [-0.15, -0.1) is 23.5 Å². The summed E-state index contributed by atoms with van der Waals surface area (Å²) in [5, 5.41) is 3.12. The number of amides is 1. The number of thioether (sulfide) groups is 2. The predicted octanol–water partition coefficient (Wildman–Crippen LogP) is 4.76. The molecule has 1 heterocycles. The van der Waals surface area contributed by atoms with Gasteiger partial charge in [-0.3, -0.25) is 9.59 Å². The molecule has 1 saturated heterocycles. The molecular formula is C22H35NO3S2. The van der Waals surface area contributed by atoms with E-state index in [-0.39, 0.29) is 23.8 Å². The normalized spacial score (nSPS) is 33.8. The Kier molecular flexibility index (Phi) is 6.86. The molecule has 0 aromatic rings. The first-order valence-electron chi connectivity index (χ1n) is 11.4. The smallest absolute Gasteiger partial charge is 0.309 e. The standard InChI is InChI=1S/C22H35NO3S2/c1-15(20(24)23-19-9-4-2-3-5-10-19)26-21(25)16-13-17-7-6-8-18(14-16)22(17)27-11-12-28-22/h15-19H,2-14H2,1H3,(H,23,24)/t15-,16?,17-,18+/m0/s1. The van der Waals surface area contributed by atoms with Gasteiger partial charge in [-0.05, 0) is 57.3 Å². The van der Waals surface area contributed by atoms with Crippen molar-refractivity contribution in [1.29, 1.82) is 0 Å². The van der Waals surface area contributed by atoms with Gasteiger partial charge in [-0.2, -0.15) is 0 Å². The zero-order valence-corrected chi connectivity index (χ0v) is 18.8. The number of esters is 1. The second kappa shape index (κ2) is 9.20. The van der Waals surface area contributed by atoms with Gasteiger partial charge in [0, 0.05) is 17.5 Å². The van der Waals surface area contributed by atoms with Crippen LogP contribution in [0.3, 0.4) is 0 Å². The Morgan fingerprint density at radius 2 is 1.54 bits per heavy atom. The molecule has 2 bridgehead atoms. The molecule has 1 amide bonds. The Morgan fingerprint density at radius 3 is 2.14 bits per heavy atom. The van der Waals surface area contributed by atoms with Crippen LogP contribution in [0.1, 0.15) is 77.6 Å². The summed E-state index contributed by atoms with van der Waals surface area (Å²) in [7, 11) is 0. The monoisotopic (exact) mass is 425 g/mol. The second-order valence-electron chi connectivity index (χ2n) is 9.19. The van der Waals surface area contributed by atoms with Crippen molar-refractivity contribution in [2.45, 2.75) is 93.8 Å². The summed E-state index contributed by atoms with van der Waals surface area (Å²) in [4.78, 5) is 25.4. The number of carbonyl (C=O) groups is 2. The van der Waals surface area contributed by atoms with E-state index >= 15 is 0 Å². The van der Waals surface area contributed by atoms with Crippen LogP contribution in [0.5, 0.6) is 0 Å². The van der Waals surface area contributed by atoms with E-state index in [2.05, 4.69) is 28.8 Å². The van der Waals surface area contributed by atoms with Crippen molar-refractivity contribution in [2.75, 3.05) is 11.5 Å². The van der Waals surface area contributed by atoms with Crippen LogP contribution in [0.4, 0.5) is 0 Å². The first kappa shape index (κ1) is 20.9. The van der Waals surface area contributed by atoms with Crippen molar-refractivity contribution < 1.29 is 14.3 Å². The van der Waals surface area contributed by atoms with Gasteiger partial charge in [-0.1, -0.05) is 32.1 Å². The average Bonchev–Trinajstić information content (AvgIpc) is 2.98. The van der Waals surface area contributed by atoms with Gasteiger partial charge in [0.1, 0.15) is 0 Å². The molecule has 1 N–H and O–H groups in total. The lowest BCUT2D eigenvalue weighted by molar-refractivity contribution is -0.161. The highest BCUT2D eigenvalue weighted by Gasteiger charge is 2.55. The topological polar surface area (TPSA) is 55.4 Å². The van der Waals surface area contributed by atoms with Gasteiger partial charge >= 0.3 is 5.97 Å². The fraction of sp³-hybridized carbons (Fsp3) is 0.909. The molecule has 158 valence electrons. The van der Waals surface area contributed by atoms with E-state index < -0.39 is 6.10 Å². The van der Waals surface area contributed by atoms with Crippen molar-refractivity contribution >= 4 is 35.4 Å². The first-order chi connectivity index (χ1) is 13.6. The minimum atomic E-state index is -0.679. The van der Waals surface area contributed by atoms with Crippen molar-refractivity contribution in [2.24, 2.45) is 17.8 Å². The lowest BCUT2D eigenvalue weighted by Gasteiger charge is -2.51. The lowest BCUT2D eigenvalue weighted by Crippen LogP contribution is -2.49. The molecule has 0 radical (unpaired) electrons. The van der Waals surface area contributed by atoms with E-state index in [9.17, 15) is 9.59 Å². The van der Waals surface area contributed by atoms with Gasteiger partial charge in [0.25, 0.3) is 5.91 Å². The fourth-order valence-corrected chi connectivity index (χ4v) is 9.80. The maximum absolute atomic E-state index is 12.9. The number of ether oxygens (including phenoxy) is 1. The third-order valence-electron chi connectivity index (χ3n) is 7.32. The number of nitrogens with one attached hydrogen (secondary N) is 1. The zero-order valence-electron chi connectivity index (χ0n) is 17.1. The molecule has 3 saturated carbocycles. The van der Waals surface area contributed by atoms with E-state index in [0.717, 1.165) is 25.7 Å². The quantitative estimate of drug-likeness (QED) is 0.520. The van der Waals surface area contributed by atoms with Crippen LogP contribution in [0, 0.1) is 17.8 Å². The molecule has 1 spiro atoms. The molecule has 4 nitrogen and oxygen atoms in total. The van der Waals surface area contributed by atoms with Gasteiger partial charge in [0.15, 0.2) is 6.10 Å². The van der Waals surface area contributed by atoms with Crippen LogP contribution in [0.25, 0.3) is 0 Å². The molecule has 0 aromatic heterocycles. The van der Waals surface area contributed by atoms with E-state index in [4.69, 9.17) is 4.74 Å². The molecule has 6 heteroatoms. The summed E-state index contributed by atoms with van der Waals surface area (Å²) in [6.45, 7) is 1.73. The molecule has 0 aromatic carbocycles. The highest BCUT2D eigenvalue weighted by molar-refractivity contribution is 8.21. The Hall–Kier alpha value is -0.360. The molecule has 4 fully saturated rings. The van der Waals surface area contributed by atoms with Crippen LogP contribution in [0.15, 0.2) is 0 Å². The van der Waals surface area contributed by atoms with Crippen molar-refractivity contribution in [3.8, 4) is 0 Å². The predicted molar refractivity (Wildman–Crippen MR) is 116 cm³/mol. The third kappa shape index (κ3) is 4.38. The molecular weight excluding hydrogens is 390 g/mol. The SMILES string of the molecule is C[C@H](OC(=O)C1C[C@H]2CCC[C@@H](C1)C21SCCS1)C(=O)NC1CCCCCC1.